The molecule has 0 spiro atoms. The number of nitrogens with zero attached hydrogens (tertiary/aromatic N) is 1. The number of benzene rings is 2. The smallest absolute Gasteiger partial charge is 0.160 e. The third kappa shape index (κ3) is 2.30. The first-order chi connectivity index (χ1) is 8.61. The van der Waals surface area contributed by atoms with E-state index in [4.69, 9.17) is 5.26 Å². The van der Waals surface area contributed by atoms with Gasteiger partial charge >= 0.3 is 0 Å². The van der Waals surface area contributed by atoms with Gasteiger partial charge in [-0.15, -0.1) is 0 Å². The lowest BCUT2D eigenvalue weighted by molar-refractivity contribution is 0.509. The van der Waals surface area contributed by atoms with Crippen LogP contribution in [0.1, 0.15) is 11.1 Å². The van der Waals surface area contributed by atoms with Crippen molar-refractivity contribution in [2.75, 3.05) is 5.32 Å². The molecular weight excluding hydrogens is 234 g/mol. The lowest BCUT2D eigenvalue weighted by Gasteiger charge is -2.11. The van der Waals surface area contributed by atoms with Crippen LogP contribution in [0.4, 0.5) is 20.2 Å². The first-order valence-electron chi connectivity index (χ1n) is 5.33. The van der Waals surface area contributed by atoms with Gasteiger partial charge in [0.15, 0.2) is 11.6 Å². The number of hydrogen-bond donors (Lipinski definition) is 1. The van der Waals surface area contributed by atoms with Crippen molar-refractivity contribution in [3.8, 4) is 6.07 Å². The van der Waals surface area contributed by atoms with Gasteiger partial charge in [-0.1, -0.05) is 12.1 Å². The van der Waals surface area contributed by atoms with Crippen LogP contribution in [-0.4, -0.2) is 0 Å². The Balaban J connectivity index is 2.40. The quantitative estimate of drug-likeness (QED) is 0.869. The van der Waals surface area contributed by atoms with E-state index in [1.165, 1.54) is 6.07 Å². The second-order valence-corrected chi connectivity index (χ2v) is 3.86. The molecule has 0 aliphatic heterocycles. The highest BCUT2D eigenvalue weighted by Gasteiger charge is 2.07. The van der Waals surface area contributed by atoms with E-state index < -0.39 is 11.6 Å². The van der Waals surface area contributed by atoms with Crippen LogP contribution in [-0.2, 0) is 0 Å². The van der Waals surface area contributed by atoms with Gasteiger partial charge in [-0.3, -0.25) is 0 Å². The summed E-state index contributed by atoms with van der Waals surface area (Å²) in [4.78, 5) is 0. The third-order valence-electron chi connectivity index (χ3n) is 2.58. The Bertz CT molecular complexity index is 630. The summed E-state index contributed by atoms with van der Waals surface area (Å²) in [6.45, 7) is 1.84. The molecule has 0 radical (unpaired) electrons. The molecule has 0 fully saturated rings. The lowest BCUT2D eigenvalue weighted by atomic mass is 10.1. The summed E-state index contributed by atoms with van der Waals surface area (Å²) in [6.07, 6.45) is 0. The summed E-state index contributed by atoms with van der Waals surface area (Å²) in [5, 5.41) is 11.9. The molecule has 2 aromatic rings. The number of aryl methyl sites for hydroxylation is 1. The molecule has 0 unspecified atom stereocenters. The highest BCUT2D eigenvalue weighted by molar-refractivity contribution is 5.69. The van der Waals surface area contributed by atoms with Gasteiger partial charge in [0.1, 0.15) is 6.07 Å². The van der Waals surface area contributed by atoms with Crippen molar-refractivity contribution in [1.82, 2.24) is 0 Å². The maximum atomic E-state index is 13.1. The molecule has 2 nitrogen and oxygen atoms in total. The Morgan fingerprint density at radius 1 is 1.11 bits per heavy atom. The molecule has 0 amide bonds. The molecule has 0 aromatic heterocycles. The SMILES string of the molecule is Cc1cccc(C#N)c1Nc1ccc(F)c(F)c1. The normalized spacial score (nSPS) is 9.89. The molecule has 0 bridgehead atoms. The molecule has 0 saturated heterocycles. The van der Waals surface area contributed by atoms with Gasteiger partial charge in [-0.05, 0) is 30.7 Å². The second kappa shape index (κ2) is 4.84. The number of para-hydroxylation sites is 1. The summed E-state index contributed by atoms with van der Waals surface area (Å²) in [5.41, 5.74) is 2.32. The summed E-state index contributed by atoms with van der Waals surface area (Å²) in [5.74, 6) is -1.82. The van der Waals surface area contributed by atoms with E-state index in [0.29, 0.717) is 16.9 Å². The molecular formula is C14H10F2N2. The van der Waals surface area contributed by atoms with Crippen LogP contribution in [0.25, 0.3) is 0 Å². The minimum absolute atomic E-state index is 0.403. The van der Waals surface area contributed by atoms with Gasteiger partial charge in [0.2, 0.25) is 0 Å². The van der Waals surface area contributed by atoms with Crippen molar-refractivity contribution in [2.24, 2.45) is 0 Å². The minimum atomic E-state index is -0.924. The number of rotatable bonds is 2. The van der Waals surface area contributed by atoms with Crippen LogP contribution in [0.5, 0.6) is 0 Å². The lowest BCUT2D eigenvalue weighted by Crippen LogP contribution is -1.97. The molecule has 2 rings (SSSR count). The molecule has 0 atom stereocenters. The maximum absolute atomic E-state index is 13.1. The van der Waals surface area contributed by atoms with Crippen LogP contribution in [0.3, 0.4) is 0 Å². The van der Waals surface area contributed by atoms with E-state index in [9.17, 15) is 8.78 Å². The van der Waals surface area contributed by atoms with Crippen LogP contribution >= 0.6 is 0 Å². The number of hydrogen-bond acceptors (Lipinski definition) is 2. The van der Waals surface area contributed by atoms with Crippen LogP contribution in [0, 0.1) is 29.9 Å². The van der Waals surface area contributed by atoms with Gasteiger partial charge in [-0.2, -0.15) is 5.26 Å². The third-order valence-corrected chi connectivity index (χ3v) is 2.58. The van der Waals surface area contributed by atoms with Crippen LogP contribution in [0.2, 0.25) is 0 Å². The molecule has 18 heavy (non-hydrogen) atoms. The Hall–Kier alpha value is -2.41. The standard InChI is InChI=1S/C14H10F2N2/c1-9-3-2-4-10(8-17)14(9)18-11-5-6-12(15)13(16)7-11/h2-7,18H,1H3. The van der Waals surface area contributed by atoms with Gasteiger partial charge in [0.05, 0.1) is 11.3 Å². The average molecular weight is 244 g/mol. The largest absolute Gasteiger partial charge is 0.354 e. The Morgan fingerprint density at radius 3 is 2.56 bits per heavy atom. The van der Waals surface area contributed by atoms with Gasteiger partial charge in [0.25, 0.3) is 0 Å². The first-order valence-corrected chi connectivity index (χ1v) is 5.33. The van der Waals surface area contributed by atoms with Gasteiger partial charge in [0, 0.05) is 11.8 Å². The Kier molecular flexibility index (Phi) is 3.24. The Morgan fingerprint density at radius 2 is 1.89 bits per heavy atom. The summed E-state index contributed by atoms with van der Waals surface area (Å²) >= 11 is 0. The van der Waals surface area contributed by atoms with Crippen molar-refractivity contribution < 1.29 is 8.78 Å². The first kappa shape index (κ1) is 12.1. The van der Waals surface area contributed by atoms with E-state index >= 15 is 0 Å². The van der Waals surface area contributed by atoms with Crippen molar-refractivity contribution >= 4 is 11.4 Å². The van der Waals surface area contributed by atoms with E-state index in [0.717, 1.165) is 17.7 Å². The second-order valence-electron chi connectivity index (χ2n) is 3.86. The zero-order valence-electron chi connectivity index (χ0n) is 9.67. The fraction of sp³-hybridized carbons (Fsp3) is 0.0714. The molecule has 0 aliphatic rings. The number of halogens is 2. The predicted molar refractivity (Wildman–Crippen MR) is 65.5 cm³/mol. The molecule has 90 valence electrons. The van der Waals surface area contributed by atoms with Gasteiger partial charge in [-0.25, -0.2) is 8.78 Å². The summed E-state index contributed by atoms with van der Waals surface area (Å²) < 4.78 is 25.9. The number of nitrogens with one attached hydrogen (secondary N) is 1. The average Bonchev–Trinajstić information content (AvgIpc) is 2.36. The van der Waals surface area contributed by atoms with Crippen molar-refractivity contribution in [3.05, 3.63) is 59.2 Å². The molecule has 4 heteroatoms. The topological polar surface area (TPSA) is 35.8 Å². The van der Waals surface area contributed by atoms with E-state index in [1.54, 1.807) is 12.1 Å². The zero-order valence-corrected chi connectivity index (χ0v) is 9.67. The maximum Gasteiger partial charge on any atom is 0.160 e. The molecule has 0 aliphatic carbocycles. The molecule has 2 aromatic carbocycles. The Labute approximate surface area is 103 Å². The molecule has 0 saturated carbocycles. The van der Waals surface area contributed by atoms with E-state index in [2.05, 4.69) is 11.4 Å². The highest BCUT2D eigenvalue weighted by atomic mass is 19.2. The fourth-order valence-electron chi connectivity index (χ4n) is 1.65. The minimum Gasteiger partial charge on any atom is -0.354 e. The van der Waals surface area contributed by atoms with Gasteiger partial charge < -0.3 is 5.32 Å². The zero-order chi connectivity index (χ0) is 13.1. The van der Waals surface area contributed by atoms with Crippen molar-refractivity contribution in [2.45, 2.75) is 6.92 Å². The number of anilines is 2. The molecule has 0 heterocycles. The predicted octanol–water partition coefficient (Wildman–Crippen LogP) is 3.89. The monoisotopic (exact) mass is 244 g/mol. The van der Waals surface area contributed by atoms with Crippen molar-refractivity contribution in [1.29, 1.82) is 5.26 Å². The van der Waals surface area contributed by atoms with Crippen LogP contribution < -0.4 is 5.32 Å². The highest BCUT2D eigenvalue weighted by Crippen LogP contribution is 2.25. The van der Waals surface area contributed by atoms with Crippen molar-refractivity contribution in [3.63, 3.8) is 0 Å². The summed E-state index contributed by atoms with van der Waals surface area (Å²) in [6, 6.07) is 10.8. The van der Waals surface area contributed by atoms with E-state index in [1.807, 2.05) is 13.0 Å². The molecule has 1 N–H and O–H groups in total. The number of nitriles is 1. The van der Waals surface area contributed by atoms with E-state index in [-0.39, 0.29) is 0 Å². The van der Waals surface area contributed by atoms with Crippen LogP contribution in [0.15, 0.2) is 36.4 Å². The summed E-state index contributed by atoms with van der Waals surface area (Å²) in [7, 11) is 0. The fourth-order valence-corrected chi connectivity index (χ4v) is 1.65.